The van der Waals surface area contributed by atoms with Gasteiger partial charge in [0.2, 0.25) is 0 Å². The maximum Gasteiger partial charge on any atom is 0.0969 e. The number of hydrogen-bond acceptors (Lipinski definition) is 3. The average Bonchev–Trinajstić information content (AvgIpc) is 2.56. The molecular formula is C10H14N4. The summed E-state index contributed by atoms with van der Waals surface area (Å²) in [6.45, 7) is 0.517. The van der Waals surface area contributed by atoms with Crippen molar-refractivity contribution in [3.63, 3.8) is 0 Å². The SMILES string of the molecule is CNc1cc(CN)c2nn(C)cc2c1. The summed E-state index contributed by atoms with van der Waals surface area (Å²) >= 11 is 0. The molecule has 74 valence electrons. The van der Waals surface area contributed by atoms with Crippen molar-refractivity contribution in [3.8, 4) is 0 Å². The normalized spacial score (nSPS) is 10.8. The fourth-order valence-electron chi connectivity index (χ4n) is 1.63. The van der Waals surface area contributed by atoms with Gasteiger partial charge in [0, 0.05) is 37.9 Å². The van der Waals surface area contributed by atoms with Gasteiger partial charge in [-0.3, -0.25) is 4.68 Å². The Bertz CT molecular complexity index is 458. The molecule has 0 amide bonds. The first-order valence-electron chi connectivity index (χ1n) is 4.58. The van der Waals surface area contributed by atoms with Crippen molar-refractivity contribution in [2.75, 3.05) is 12.4 Å². The van der Waals surface area contributed by atoms with Crippen LogP contribution in [-0.2, 0) is 13.6 Å². The molecule has 0 fully saturated rings. The van der Waals surface area contributed by atoms with Crippen LogP contribution in [0.1, 0.15) is 5.56 Å². The lowest BCUT2D eigenvalue weighted by molar-refractivity contribution is 0.778. The van der Waals surface area contributed by atoms with Gasteiger partial charge in [0.25, 0.3) is 0 Å². The zero-order valence-corrected chi connectivity index (χ0v) is 8.41. The summed E-state index contributed by atoms with van der Waals surface area (Å²) in [5.41, 5.74) is 8.82. The van der Waals surface area contributed by atoms with E-state index in [0.717, 1.165) is 22.2 Å². The predicted octanol–water partition coefficient (Wildman–Crippen LogP) is 1.07. The fourth-order valence-corrected chi connectivity index (χ4v) is 1.63. The average molecular weight is 190 g/mol. The third kappa shape index (κ3) is 1.33. The molecule has 0 aliphatic carbocycles. The fraction of sp³-hybridized carbons (Fsp3) is 0.300. The van der Waals surface area contributed by atoms with Crippen LogP contribution in [0.5, 0.6) is 0 Å². The molecule has 2 aromatic rings. The lowest BCUT2D eigenvalue weighted by Crippen LogP contribution is -1.99. The third-order valence-electron chi connectivity index (χ3n) is 2.31. The van der Waals surface area contributed by atoms with Crippen LogP contribution in [0.4, 0.5) is 5.69 Å². The summed E-state index contributed by atoms with van der Waals surface area (Å²) < 4.78 is 1.81. The maximum absolute atomic E-state index is 5.67. The highest BCUT2D eigenvalue weighted by molar-refractivity contribution is 5.85. The minimum Gasteiger partial charge on any atom is -0.388 e. The molecule has 4 nitrogen and oxygen atoms in total. The largest absolute Gasteiger partial charge is 0.388 e. The molecular weight excluding hydrogens is 176 g/mol. The van der Waals surface area contributed by atoms with Crippen molar-refractivity contribution in [2.24, 2.45) is 12.8 Å². The molecule has 0 spiro atoms. The van der Waals surface area contributed by atoms with Gasteiger partial charge >= 0.3 is 0 Å². The Morgan fingerprint density at radius 2 is 2.29 bits per heavy atom. The molecule has 1 aromatic heterocycles. The zero-order valence-electron chi connectivity index (χ0n) is 8.41. The van der Waals surface area contributed by atoms with Gasteiger partial charge < -0.3 is 11.1 Å². The number of nitrogens with zero attached hydrogens (tertiary/aromatic N) is 2. The molecule has 2 rings (SSSR count). The molecule has 3 N–H and O–H groups in total. The highest BCUT2D eigenvalue weighted by Crippen LogP contribution is 2.21. The molecule has 0 unspecified atom stereocenters. The highest BCUT2D eigenvalue weighted by Gasteiger charge is 2.05. The lowest BCUT2D eigenvalue weighted by atomic mass is 10.1. The molecule has 0 saturated heterocycles. The monoisotopic (exact) mass is 190 g/mol. The summed E-state index contributed by atoms with van der Waals surface area (Å²) in [4.78, 5) is 0. The second kappa shape index (κ2) is 3.31. The Balaban J connectivity index is 2.72. The standard InChI is InChI=1S/C10H14N4/c1-12-9-3-7(5-11)10-8(4-9)6-14(2)13-10/h3-4,6,12H,5,11H2,1-2H3. The lowest BCUT2D eigenvalue weighted by Gasteiger charge is -2.03. The summed E-state index contributed by atoms with van der Waals surface area (Å²) in [5.74, 6) is 0. The minimum atomic E-state index is 0.517. The van der Waals surface area contributed by atoms with Crippen LogP contribution in [0.25, 0.3) is 10.9 Å². The van der Waals surface area contributed by atoms with E-state index < -0.39 is 0 Å². The number of nitrogens with two attached hydrogens (primary N) is 1. The van der Waals surface area contributed by atoms with Gasteiger partial charge in [-0.05, 0) is 17.7 Å². The van der Waals surface area contributed by atoms with Crippen LogP contribution in [0.15, 0.2) is 18.3 Å². The Labute approximate surface area is 82.7 Å². The molecule has 0 aliphatic heterocycles. The Hall–Kier alpha value is -1.55. The first kappa shape index (κ1) is 9.02. The molecule has 1 heterocycles. The molecule has 0 radical (unpaired) electrons. The number of fused-ring (bicyclic) bond motifs is 1. The maximum atomic E-state index is 5.67. The van der Waals surface area contributed by atoms with Crippen molar-refractivity contribution in [3.05, 3.63) is 23.9 Å². The van der Waals surface area contributed by atoms with Crippen molar-refractivity contribution in [2.45, 2.75) is 6.54 Å². The molecule has 0 atom stereocenters. The second-order valence-electron chi connectivity index (χ2n) is 3.33. The molecule has 0 saturated carbocycles. The van der Waals surface area contributed by atoms with Crippen LogP contribution < -0.4 is 11.1 Å². The number of aryl methyl sites for hydroxylation is 1. The van der Waals surface area contributed by atoms with Crippen LogP contribution in [0.2, 0.25) is 0 Å². The van der Waals surface area contributed by atoms with E-state index in [0.29, 0.717) is 6.54 Å². The summed E-state index contributed by atoms with van der Waals surface area (Å²) in [6.07, 6.45) is 2.00. The Morgan fingerprint density at radius 1 is 1.50 bits per heavy atom. The summed E-state index contributed by atoms with van der Waals surface area (Å²) in [7, 11) is 3.82. The number of rotatable bonds is 2. The predicted molar refractivity (Wildman–Crippen MR) is 58.2 cm³/mol. The highest BCUT2D eigenvalue weighted by atomic mass is 15.2. The van der Waals surface area contributed by atoms with Crippen LogP contribution in [-0.4, -0.2) is 16.8 Å². The molecule has 14 heavy (non-hydrogen) atoms. The van der Waals surface area contributed by atoms with Crippen molar-refractivity contribution in [1.29, 1.82) is 0 Å². The van der Waals surface area contributed by atoms with E-state index in [1.165, 1.54) is 0 Å². The van der Waals surface area contributed by atoms with Gasteiger partial charge in [-0.1, -0.05) is 0 Å². The van der Waals surface area contributed by atoms with Crippen molar-refractivity contribution in [1.82, 2.24) is 9.78 Å². The van der Waals surface area contributed by atoms with Gasteiger partial charge in [0.05, 0.1) is 5.52 Å². The Morgan fingerprint density at radius 3 is 2.93 bits per heavy atom. The summed E-state index contributed by atoms with van der Waals surface area (Å²) in [6, 6.07) is 4.11. The van der Waals surface area contributed by atoms with Gasteiger partial charge in [0.1, 0.15) is 0 Å². The van der Waals surface area contributed by atoms with Crippen LogP contribution in [0, 0.1) is 0 Å². The van der Waals surface area contributed by atoms with Gasteiger partial charge in [0.15, 0.2) is 0 Å². The molecule has 0 aliphatic rings. The van der Waals surface area contributed by atoms with E-state index in [2.05, 4.69) is 16.5 Å². The van der Waals surface area contributed by atoms with E-state index >= 15 is 0 Å². The topological polar surface area (TPSA) is 55.9 Å². The number of aromatic nitrogens is 2. The zero-order chi connectivity index (χ0) is 10.1. The minimum absolute atomic E-state index is 0.517. The molecule has 4 heteroatoms. The quantitative estimate of drug-likeness (QED) is 0.745. The number of hydrogen-bond donors (Lipinski definition) is 2. The third-order valence-corrected chi connectivity index (χ3v) is 2.31. The van der Waals surface area contributed by atoms with Crippen molar-refractivity contribution >= 4 is 16.6 Å². The second-order valence-corrected chi connectivity index (χ2v) is 3.33. The number of anilines is 1. The smallest absolute Gasteiger partial charge is 0.0969 e. The van der Waals surface area contributed by atoms with Gasteiger partial charge in [-0.25, -0.2) is 0 Å². The van der Waals surface area contributed by atoms with E-state index in [1.807, 2.05) is 31.0 Å². The van der Waals surface area contributed by atoms with E-state index in [-0.39, 0.29) is 0 Å². The first-order valence-corrected chi connectivity index (χ1v) is 4.58. The summed E-state index contributed by atoms with van der Waals surface area (Å²) in [5, 5.41) is 8.60. The van der Waals surface area contributed by atoms with Crippen LogP contribution >= 0.6 is 0 Å². The van der Waals surface area contributed by atoms with E-state index in [9.17, 15) is 0 Å². The molecule has 1 aromatic carbocycles. The first-order chi connectivity index (χ1) is 6.74. The van der Waals surface area contributed by atoms with Gasteiger partial charge in [-0.2, -0.15) is 5.10 Å². The Kier molecular flexibility index (Phi) is 2.13. The van der Waals surface area contributed by atoms with Crippen LogP contribution in [0.3, 0.4) is 0 Å². The van der Waals surface area contributed by atoms with E-state index in [4.69, 9.17) is 5.73 Å². The van der Waals surface area contributed by atoms with E-state index in [1.54, 1.807) is 0 Å². The molecule has 0 bridgehead atoms. The van der Waals surface area contributed by atoms with Gasteiger partial charge in [-0.15, -0.1) is 0 Å². The number of benzene rings is 1. The number of nitrogens with one attached hydrogen (secondary N) is 1. The van der Waals surface area contributed by atoms with Crippen molar-refractivity contribution < 1.29 is 0 Å².